The van der Waals surface area contributed by atoms with Crippen LogP contribution in [0.5, 0.6) is 0 Å². The van der Waals surface area contributed by atoms with Crippen molar-refractivity contribution in [3.63, 3.8) is 0 Å². The predicted molar refractivity (Wildman–Crippen MR) is 80.4 cm³/mol. The van der Waals surface area contributed by atoms with E-state index in [4.69, 9.17) is 14.6 Å². The first-order valence-electron chi connectivity index (χ1n) is 7.56. The van der Waals surface area contributed by atoms with Crippen LogP contribution < -0.4 is 5.32 Å². The predicted octanol–water partition coefficient (Wildman–Crippen LogP) is 2.95. The molecule has 6 heteroatoms. The lowest BCUT2D eigenvalue weighted by atomic mass is 10.1. The molecule has 0 fully saturated rings. The number of ether oxygens (including phenoxy) is 2. The summed E-state index contributed by atoms with van der Waals surface area (Å²) in [7, 11) is 0. The van der Waals surface area contributed by atoms with Crippen LogP contribution in [-0.4, -0.2) is 42.0 Å². The van der Waals surface area contributed by atoms with Crippen LogP contribution in [0.3, 0.4) is 0 Å². The zero-order chi connectivity index (χ0) is 16.3. The van der Waals surface area contributed by atoms with Crippen LogP contribution in [-0.2, 0) is 14.3 Å². The Morgan fingerprint density at radius 2 is 1.76 bits per heavy atom. The first-order valence-corrected chi connectivity index (χ1v) is 7.56. The molecule has 0 spiro atoms. The van der Waals surface area contributed by atoms with Gasteiger partial charge in [0.25, 0.3) is 0 Å². The highest BCUT2D eigenvalue weighted by Gasteiger charge is 2.23. The van der Waals surface area contributed by atoms with Gasteiger partial charge in [0.1, 0.15) is 11.6 Å². The fraction of sp³-hybridized carbons (Fsp3) is 0.867. The lowest BCUT2D eigenvalue weighted by molar-refractivity contribution is -0.139. The van der Waals surface area contributed by atoms with Crippen molar-refractivity contribution < 1.29 is 24.2 Å². The van der Waals surface area contributed by atoms with Gasteiger partial charge in [-0.05, 0) is 40.0 Å². The highest BCUT2D eigenvalue weighted by molar-refractivity contribution is 5.79. The molecule has 0 radical (unpaired) electrons. The number of carbonyl (C=O) groups is 2. The number of nitrogens with one attached hydrogen (secondary N) is 1. The number of unbranched alkanes of at least 4 members (excludes halogenated alkanes) is 2. The van der Waals surface area contributed by atoms with Gasteiger partial charge in [0, 0.05) is 13.2 Å². The summed E-state index contributed by atoms with van der Waals surface area (Å²) in [6, 6.07) is -0.945. The van der Waals surface area contributed by atoms with Gasteiger partial charge in [-0.25, -0.2) is 9.59 Å². The zero-order valence-electron chi connectivity index (χ0n) is 13.6. The van der Waals surface area contributed by atoms with Crippen molar-refractivity contribution in [2.24, 2.45) is 0 Å². The Balaban J connectivity index is 3.93. The van der Waals surface area contributed by atoms with Crippen molar-refractivity contribution in [2.45, 2.75) is 71.4 Å². The standard InChI is InChI=1S/C15H29NO5/c1-5-6-7-10-20-11-8-9-12(13(17)18)16-14(19)21-15(2,3)4/h12H,5-11H2,1-4H3,(H,16,19)(H,17,18)/t12-/m0/s1. The molecule has 0 rings (SSSR count). The summed E-state index contributed by atoms with van der Waals surface area (Å²) < 4.78 is 10.5. The molecule has 2 N–H and O–H groups in total. The molecule has 0 unspecified atom stereocenters. The SMILES string of the molecule is CCCCCOCCC[C@H](NC(=O)OC(C)(C)C)C(=O)O. The quantitative estimate of drug-likeness (QED) is 0.606. The normalized spacial score (nSPS) is 12.8. The Morgan fingerprint density at radius 1 is 1.14 bits per heavy atom. The number of aliphatic carboxylic acids is 1. The molecule has 21 heavy (non-hydrogen) atoms. The van der Waals surface area contributed by atoms with Crippen LogP contribution in [0.4, 0.5) is 4.79 Å². The monoisotopic (exact) mass is 303 g/mol. The van der Waals surface area contributed by atoms with Crippen LogP contribution >= 0.6 is 0 Å². The van der Waals surface area contributed by atoms with Gasteiger partial charge in [-0.3, -0.25) is 0 Å². The minimum absolute atomic E-state index is 0.322. The average Bonchev–Trinajstić information content (AvgIpc) is 2.33. The van der Waals surface area contributed by atoms with E-state index in [1.54, 1.807) is 20.8 Å². The summed E-state index contributed by atoms with van der Waals surface area (Å²) in [6.07, 6.45) is 3.50. The number of hydrogen-bond acceptors (Lipinski definition) is 4. The number of hydrogen-bond donors (Lipinski definition) is 2. The maximum Gasteiger partial charge on any atom is 0.408 e. The van der Waals surface area contributed by atoms with E-state index in [2.05, 4.69) is 12.2 Å². The molecule has 0 heterocycles. The molecular formula is C15H29NO5. The van der Waals surface area contributed by atoms with Gasteiger partial charge >= 0.3 is 12.1 Å². The highest BCUT2D eigenvalue weighted by atomic mass is 16.6. The number of carboxylic acid groups (broad SMARTS) is 1. The largest absolute Gasteiger partial charge is 0.480 e. The van der Waals surface area contributed by atoms with E-state index in [1.807, 2.05) is 0 Å². The number of amides is 1. The molecule has 0 aliphatic carbocycles. The minimum Gasteiger partial charge on any atom is -0.480 e. The third kappa shape index (κ3) is 12.2. The van der Waals surface area contributed by atoms with E-state index >= 15 is 0 Å². The van der Waals surface area contributed by atoms with E-state index < -0.39 is 23.7 Å². The minimum atomic E-state index is -1.06. The van der Waals surface area contributed by atoms with Crippen molar-refractivity contribution in [3.05, 3.63) is 0 Å². The van der Waals surface area contributed by atoms with Gasteiger partial charge in [-0.15, -0.1) is 0 Å². The van der Waals surface area contributed by atoms with Crippen molar-refractivity contribution in [1.29, 1.82) is 0 Å². The molecule has 0 aromatic carbocycles. The molecule has 0 aromatic rings. The topological polar surface area (TPSA) is 84.9 Å². The highest BCUT2D eigenvalue weighted by Crippen LogP contribution is 2.08. The van der Waals surface area contributed by atoms with Gasteiger partial charge in [0.2, 0.25) is 0 Å². The fourth-order valence-electron chi connectivity index (χ4n) is 1.65. The molecular weight excluding hydrogens is 274 g/mol. The molecule has 0 saturated carbocycles. The Morgan fingerprint density at radius 3 is 2.29 bits per heavy atom. The van der Waals surface area contributed by atoms with Gasteiger partial charge in [-0.1, -0.05) is 19.8 Å². The van der Waals surface area contributed by atoms with Crippen molar-refractivity contribution in [1.82, 2.24) is 5.32 Å². The Hall–Kier alpha value is -1.30. The van der Waals surface area contributed by atoms with Crippen molar-refractivity contribution in [3.8, 4) is 0 Å². The summed E-state index contributed by atoms with van der Waals surface area (Å²) in [5.74, 6) is -1.06. The lowest BCUT2D eigenvalue weighted by Crippen LogP contribution is -2.43. The van der Waals surface area contributed by atoms with Crippen LogP contribution in [0.25, 0.3) is 0 Å². The Bertz CT molecular complexity index is 312. The maximum absolute atomic E-state index is 11.6. The summed E-state index contributed by atoms with van der Waals surface area (Å²) in [5.41, 5.74) is -0.643. The lowest BCUT2D eigenvalue weighted by Gasteiger charge is -2.22. The molecule has 0 aliphatic rings. The van der Waals surface area contributed by atoms with Crippen molar-refractivity contribution >= 4 is 12.1 Å². The first-order chi connectivity index (χ1) is 9.76. The molecule has 0 aromatic heterocycles. The maximum atomic E-state index is 11.6. The number of carbonyl (C=O) groups excluding carboxylic acids is 1. The van der Waals surface area contributed by atoms with Crippen LogP contribution in [0.2, 0.25) is 0 Å². The third-order valence-electron chi connectivity index (χ3n) is 2.66. The van der Waals surface area contributed by atoms with Crippen LogP contribution in [0.1, 0.15) is 59.8 Å². The molecule has 1 atom stereocenters. The van der Waals surface area contributed by atoms with Gasteiger partial charge in [0.15, 0.2) is 0 Å². The van der Waals surface area contributed by atoms with E-state index in [1.165, 1.54) is 0 Å². The summed E-state index contributed by atoms with van der Waals surface area (Å²) in [4.78, 5) is 22.6. The number of rotatable bonds is 10. The Labute approximate surface area is 127 Å². The first kappa shape index (κ1) is 19.7. The third-order valence-corrected chi connectivity index (χ3v) is 2.66. The van der Waals surface area contributed by atoms with E-state index in [9.17, 15) is 9.59 Å². The second kappa shape index (κ2) is 10.4. The van der Waals surface area contributed by atoms with Crippen LogP contribution in [0, 0.1) is 0 Å². The average molecular weight is 303 g/mol. The van der Waals surface area contributed by atoms with E-state index in [0.717, 1.165) is 19.3 Å². The molecule has 0 bridgehead atoms. The molecule has 0 aliphatic heterocycles. The zero-order valence-corrected chi connectivity index (χ0v) is 13.6. The second-order valence-electron chi connectivity index (χ2n) is 6.00. The fourth-order valence-corrected chi connectivity index (χ4v) is 1.65. The summed E-state index contributed by atoms with van der Waals surface area (Å²) in [6.45, 7) is 8.51. The van der Waals surface area contributed by atoms with E-state index in [-0.39, 0.29) is 0 Å². The number of alkyl carbamates (subject to hydrolysis) is 1. The number of carboxylic acids is 1. The smallest absolute Gasteiger partial charge is 0.408 e. The molecule has 6 nitrogen and oxygen atoms in total. The van der Waals surface area contributed by atoms with Gasteiger partial charge in [0.05, 0.1) is 0 Å². The molecule has 124 valence electrons. The Kier molecular flexibility index (Phi) is 9.78. The molecule has 1 amide bonds. The summed E-state index contributed by atoms with van der Waals surface area (Å²) >= 11 is 0. The van der Waals surface area contributed by atoms with Gasteiger partial charge < -0.3 is 19.9 Å². The van der Waals surface area contributed by atoms with Crippen LogP contribution in [0.15, 0.2) is 0 Å². The van der Waals surface area contributed by atoms with E-state index in [0.29, 0.717) is 26.1 Å². The summed E-state index contributed by atoms with van der Waals surface area (Å²) in [5, 5.41) is 11.4. The van der Waals surface area contributed by atoms with Crippen molar-refractivity contribution in [2.75, 3.05) is 13.2 Å². The van der Waals surface area contributed by atoms with Gasteiger partial charge in [-0.2, -0.15) is 0 Å². The molecule has 0 saturated heterocycles. The second-order valence-corrected chi connectivity index (χ2v) is 6.00.